The van der Waals surface area contributed by atoms with Crippen molar-refractivity contribution in [2.24, 2.45) is 0 Å². The third-order valence-corrected chi connectivity index (χ3v) is 3.82. The number of hydrogen-bond acceptors (Lipinski definition) is 1. The minimum absolute atomic E-state index is 0.0613. The van der Waals surface area contributed by atoms with Crippen molar-refractivity contribution in [3.05, 3.63) is 64.7 Å². The number of carbonyl (C=O) groups is 1. The zero-order valence-electron chi connectivity index (χ0n) is 12.0. The summed E-state index contributed by atoms with van der Waals surface area (Å²) in [6.07, 6.45) is 2.00. The van der Waals surface area contributed by atoms with Gasteiger partial charge in [0.1, 0.15) is 0 Å². The van der Waals surface area contributed by atoms with Crippen LogP contribution in [-0.4, -0.2) is 13.0 Å². The zero-order valence-corrected chi connectivity index (χ0v) is 12.0. The summed E-state index contributed by atoms with van der Waals surface area (Å²) in [5, 5.41) is 0. The van der Waals surface area contributed by atoms with E-state index >= 15 is 0 Å². The molecule has 0 fully saturated rings. The minimum atomic E-state index is 0.0613. The van der Waals surface area contributed by atoms with Crippen LogP contribution in [0.5, 0.6) is 0 Å². The van der Waals surface area contributed by atoms with E-state index in [1.165, 1.54) is 11.1 Å². The second-order valence-corrected chi connectivity index (χ2v) is 5.30. The lowest BCUT2D eigenvalue weighted by Crippen LogP contribution is -2.20. The predicted molar refractivity (Wildman–Crippen MR) is 83.6 cm³/mol. The number of carbonyl (C=O) groups excluding carboxylic acids is 1. The quantitative estimate of drug-likeness (QED) is 0.716. The van der Waals surface area contributed by atoms with Gasteiger partial charge in [0.2, 0.25) is 0 Å². The van der Waals surface area contributed by atoms with Gasteiger partial charge in [-0.15, -0.1) is 0 Å². The van der Waals surface area contributed by atoms with E-state index in [4.69, 9.17) is 0 Å². The number of para-hydroxylation sites is 1. The van der Waals surface area contributed by atoms with Crippen molar-refractivity contribution in [3.63, 3.8) is 0 Å². The third kappa shape index (κ3) is 1.94. The maximum absolute atomic E-state index is 12.4. The van der Waals surface area contributed by atoms with Crippen molar-refractivity contribution < 1.29 is 4.79 Å². The molecule has 1 heterocycles. The normalized spacial score (nSPS) is 15.8. The maximum atomic E-state index is 12.4. The first-order valence-electron chi connectivity index (χ1n) is 6.74. The van der Waals surface area contributed by atoms with Gasteiger partial charge >= 0.3 is 0 Å². The highest BCUT2D eigenvalue weighted by molar-refractivity contribution is 6.35. The van der Waals surface area contributed by atoms with Crippen LogP contribution >= 0.6 is 0 Å². The summed E-state index contributed by atoms with van der Waals surface area (Å²) in [6, 6.07) is 14.2. The number of rotatable bonds is 1. The Morgan fingerprint density at radius 3 is 2.55 bits per heavy atom. The summed E-state index contributed by atoms with van der Waals surface area (Å²) in [4.78, 5) is 14.1. The first kappa shape index (κ1) is 12.7. The van der Waals surface area contributed by atoms with Crippen LogP contribution in [0.2, 0.25) is 0 Å². The van der Waals surface area contributed by atoms with Gasteiger partial charge in [-0.05, 0) is 37.1 Å². The first-order chi connectivity index (χ1) is 9.58. The van der Waals surface area contributed by atoms with Crippen molar-refractivity contribution >= 4 is 23.2 Å². The van der Waals surface area contributed by atoms with Crippen LogP contribution in [0.1, 0.15) is 22.3 Å². The van der Waals surface area contributed by atoms with Crippen LogP contribution in [0.3, 0.4) is 0 Å². The van der Waals surface area contributed by atoms with Gasteiger partial charge in [-0.2, -0.15) is 0 Å². The van der Waals surface area contributed by atoms with Gasteiger partial charge in [-0.3, -0.25) is 4.79 Å². The maximum Gasteiger partial charge on any atom is 0.258 e. The van der Waals surface area contributed by atoms with Gasteiger partial charge in [-0.1, -0.05) is 42.0 Å². The van der Waals surface area contributed by atoms with Crippen LogP contribution in [0, 0.1) is 13.8 Å². The lowest BCUT2D eigenvalue weighted by Gasteiger charge is -2.08. The van der Waals surface area contributed by atoms with Gasteiger partial charge in [0, 0.05) is 18.2 Å². The summed E-state index contributed by atoms with van der Waals surface area (Å²) in [5.41, 5.74) is 6.30. The third-order valence-electron chi connectivity index (χ3n) is 3.82. The smallest absolute Gasteiger partial charge is 0.258 e. The van der Waals surface area contributed by atoms with Crippen LogP contribution in [-0.2, 0) is 4.79 Å². The molecule has 1 aliphatic heterocycles. The van der Waals surface area contributed by atoms with E-state index in [0.717, 1.165) is 22.4 Å². The van der Waals surface area contributed by atoms with Crippen LogP contribution < -0.4 is 4.90 Å². The summed E-state index contributed by atoms with van der Waals surface area (Å²) in [6.45, 7) is 4.15. The largest absolute Gasteiger partial charge is 0.311 e. The SMILES string of the molecule is Cc1ccc(/C=C2/C(=O)N(C)c3ccccc32)c(C)c1. The van der Waals surface area contributed by atoms with Gasteiger partial charge in [-0.25, -0.2) is 0 Å². The van der Waals surface area contributed by atoms with Crippen LogP contribution in [0.15, 0.2) is 42.5 Å². The van der Waals surface area contributed by atoms with Crippen molar-refractivity contribution in [1.29, 1.82) is 0 Å². The average Bonchev–Trinajstić information content (AvgIpc) is 2.67. The highest BCUT2D eigenvalue weighted by Crippen LogP contribution is 2.36. The van der Waals surface area contributed by atoms with Crippen molar-refractivity contribution in [1.82, 2.24) is 0 Å². The fraction of sp³-hybridized carbons (Fsp3) is 0.167. The molecule has 2 aromatic carbocycles. The minimum Gasteiger partial charge on any atom is -0.311 e. The lowest BCUT2D eigenvalue weighted by molar-refractivity contribution is -0.112. The highest BCUT2D eigenvalue weighted by atomic mass is 16.2. The molecule has 20 heavy (non-hydrogen) atoms. The fourth-order valence-electron chi connectivity index (χ4n) is 2.68. The Kier molecular flexibility index (Phi) is 2.94. The molecule has 0 N–H and O–H groups in total. The standard InChI is InChI=1S/C18H17NO/c1-12-8-9-14(13(2)10-12)11-16-15-6-4-5-7-17(15)19(3)18(16)20/h4-11H,1-3H3/b16-11+. The summed E-state index contributed by atoms with van der Waals surface area (Å²) in [5.74, 6) is 0.0613. The molecule has 2 heteroatoms. The van der Waals surface area contributed by atoms with Gasteiger partial charge in [0.05, 0.1) is 5.69 Å². The van der Waals surface area contributed by atoms with Gasteiger partial charge in [0.25, 0.3) is 5.91 Å². The monoisotopic (exact) mass is 263 g/mol. The highest BCUT2D eigenvalue weighted by Gasteiger charge is 2.28. The number of nitrogens with zero attached hydrogens (tertiary/aromatic N) is 1. The van der Waals surface area contributed by atoms with Crippen molar-refractivity contribution in [2.75, 3.05) is 11.9 Å². The molecule has 0 radical (unpaired) electrons. The number of fused-ring (bicyclic) bond motifs is 1. The van der Waals surface area contributed by atoms with E-state index in [0.29, 0.717) is 0 Å². The Balaban J connectivity index is 2.14. The molecule has 0 aliphatic carbocycles. The van der Waals surface area contributed by atoms with E-state index in [2.05, 4.69) is 32.0 Å². The molecule has 0 unspecified atom stereocenters. The molecule has 0 saturated carbocycles. The van der Waals surface area contributed by atoms with Gasteiger partial charge < -0.3 is 4.90 Å². The number of hydrogen-bond donors (Lipinski definition) is 0. The molecule has 0 atom stereocenters. The average molecular weight is 263 g/mol. The fourth-order valence-corrected chi connectivity index (χ4v) is 2.68. The number of anilines is 1. The Morgan fingerprint density at radius 1 is 1.05 bits per heavy atom. The summed E-state index contributed by atoms with van der Waals surface area (Å²) >= 11 is 0. The molecular weight excluding hydrogens is 246 g/mol. The Hall–Kier alpha value is -2.35. The Morgan fingerprint density at radius 2 is 1.80 bits per heavy atom. The van der Waals surface area contributed by atoms with E-state index < -0.39 is 0 Å². The molecule has 0 spiro atoms. The van der Waals surface area contributed by atoms with Crippen LogP contribution in [0.25, 0.3) is 11.6 Å². The number of amides is 1. The molecule has 0 aromatic heterocycles. The second kappa shape index (κ2) is 4.64. The van der Waals surface area contributed by atoms with E-state index in [9.17, 15) is 4.79 Å². The zero-order chi connectivity index (χ0) is 14.3. The van der Waals surface area contributed by atoms with Crippen molar-refractivity contribution in [3.8, 4) is 0 Å². The van der Waals surface area contributed by atoms with E-state index in [1.54, 1.807) is 4.90 Å². The number of likely N-dealkylation sites (N-methyl/N-ethyl adjacent to an activating group) is 1. The summed E-state index contributed by atoms with van der Waals surface area (Å²) in [7, 11) is 1.82. The molecule has 100 valence electrons. The molecule has 0 bridgehead atoms. The molecule has 3 rings (SSSR count). The topological polar surface area (TPSA) is 20.3 Å². The number of aryl methyl sites for hydroxylation is 2. The predicted octanol–water partition coefficient (Wildman–Crippen LogP) is 3.82. The van der Waals surface area contributed by atoms with Crippen molar-refractivity contribution in [2.45, 2.75) is 13.8 Å². The second-order valence-electron chi connectivity index (χ2n) is 5.30. The molecule has 1 aliphatic rings. The van der Waals surface area contributed by atoms with E-state index in [1.807, 2.05) is 37.4 Å². The molecule has 2 nitrogen and oxygen atoms in total. The summed E-state index contributed by atoms with van der Waals surface area (Å²) < 4.78 is 0. The molecule has 2 aromatic rings. The number of benzene rings is 2. The Bertz CT molecular complexity index is 728. The lowest BCUT2D eigenvalue weighted by atomic mass is 10.00. The first-order valence-corrected chi connectivity index (χ1v) is 6.74. The van der Waals surface area contributed by atoms with E-state index in [-0.39, 0.29) is 5.91 Å². The van der Waals surface area contributed by atoms with Gasteiger partial charge in [0.15, 0.2) is 0 Å². The molecular formula is C18H17NO. The molecule has 1 amide bonds. The van der Waals surface area contributed by atoms with Crippen LogP contribution in [0.4, 0.5) is 5.69 Å². The Labute approximate surface area is 119 Å². The molecule has 0 saturated heterocycles.